The number of alkyl halides is 3. The molecule has 0 spiro atoms. The Hall–Kier alpha value is -1.56. The summed E-state index contributed by atoms with van der Waals surface area (Å²) in [6.45, 7) is 0.503. The molecule has 1 N–H and O–H groups in total. The molecule has 0 saturated carbocycles. The molecule has 0 saturated heterocycles. The Labute approximate surface area is 111 Å². The van der Waals surface area contributed by atoms with Crippen molar-refractivity contribution < 1.29 is 17.6 Å². The van der Waals surface area contributed by atoms with Crippen molar-refractivity contribution in [1.29, 1.82) is 0 Å². The van der Waals surface area contributed by atoms with Crippen LogP contribution in [0.15, 0.2) is 35.7 Å². The molecule has 1 nitrogen and oxygen atoms in total. The maximum absolute atomic E-state index is 13.1. The molecule has 6 heteroatoms. The third-order valence-electron chi connectivity index (χ3n) is 2.55. The predicted molar refractivity (Wildman–Crippen MR) is 67.9 cm³/mol. The maximum Gasteiger partial charge on any atom is 0.419 e. The third-order valence-corrected chi connectivity index (χ3v) is 3.49. The highest BCUT2D eigenvalue weighted by molar-refractivity contribution is 7.09. The number of benzene rings is 1. The molecular formula is C13H11F4NS. The standard InChI is InChI=1S/C13H11F4NS/c14-12-4-3-9(8-11(12)13(15,16)17)18-6-5-10-2-1-7-19-10/h1-4,7-8,18H,5-6H2. The number of hydrogen-bond donors (Lipinski definition) is 1. The fourth-order valence-electron chi connectivity index (χ4n) is 1.64. The van der Waals surface area contributed by atoms with Crippen LogP contribution in [-0.4, -0.2) is 6.54 Å². The van der Waals surface area contributed by atoms with E-state index in [1.165, 1.54) is 6.07 Å². The lowest BCUT2D eigenvalue weighted by atomic mass is 10.1. The van der Waals surface area contributed by atoms with Crippen LogP contribution in [0.5, 0.6) is 0 Å². The number of hydrogen-bond acceptors (Lipinski definition) is 2. The largest absolute Gasteiger partial charge is 0.419 e. The van der Waals surface area contributed by atoms with Gasteiger partial charge in [0.15, 0.2) is 0 Å². The molecule has 0 atom stereocenters. The second kappa shape index (κ2) is 5.61. The van der Waals surface area contributed by atoms with Gasteiger partial charge >= 0.3 is 6.18 Å². The van der Waals surface area contributed by atoms with Gasteiger partial charge in [-0.05, 0) is 36.1 Å². The highest BCUT2D eigenvalue weighted by atomic mass is 32.1. The SMILES string of the molecule is Fc1ccc(NCCc2cccs2)cc1C(F)(F)F. The third kappa shape index (κ3) is 3.70. The van der Waals surface area contributed by atoms with E-state index in [0.29, 0.717) is 6.54 Å². The molecule has 19 heavy (non-hydrogen) atoms. The number of rotatable bonds is 4. The van der Waals surface area contributed by atoms with E-state index in [1.54, 1.807) is 11.3 Å². The van der Waals surface area contributed by atoms with Gasteiger partial charge in [0.2, 0.25) is 0 Å². The molecule has 0 radical (unpaired) electrons. The minimum absolute atomic E-state index is 0.269. The van der Waals surface area contributed by atoms with Gasteiger partial charge in [0.25, 0.3) is 0 Å². The average molecular weight is 289 g/mol. The van der Waals surface area contributed by atoms with Crippen LogP contribution in [0.25, 0.3) is 0 Å². The van der Waals surface area contributed by atoms with Crippen molar-refractivity contribution in [2.75, 3.05) is 11.9 Å². The molecule has 1 aromatic heterocycles. The number of anilines is 1. The van der Waals surface area contributed by atoms with Crippen LogP contribution < -0.4 is 5.32 Å². The van der Waals surface area contributed by atoms with E-state index < -0.39 is 17.6 Å². The molecule has 102 valence electrons. The van der Waals surface area contributed by atoms with Crippen molar-refractivity contribution in [3.63, 3.8) is 0 Å². The summed E-state index contributed by atoms with van der Waals surface area (Å²) in [6, 6.07) is 6.80. The van der Waals surface area contributed by atoms with E-state index in [0.717, 1.165) is 23.4 Å². The van der Waals surface area contributed by atoms with Gasteiger partial charge < -0.3 is 5.32 Å². The van der Waals surface area contributed by atoms with Crippen molar-refractivity contribution in [2.24, 2.45) is 0 Å². The molecule has 2 aromatic rings. The van der Waals surface area contributed by atoms with Crippen molar-refractivity contribution in [2.45, 2.75) is 12.6 Å². The van der Waals surface area contributed by atoms with Gasteiger partial charge in [-0.2, -0.15) is 13.2 Å². The first kappa shape index (κ1) is 13.9. The summed E-state index contributed by atoms with van der Waals surface area (Å²) in [5.41, 5.74) is -0.973. The summed E-state index contributed by atoms with van der Waals surface area (Å²) in [5.74, 6) is -1.25. The average Bonchev–Trinajstić information content (AvgIpc) is 2.83. The number of nitrogens with one attached hydrogen (secondary N) is 1. The molecule has 0 amide bonds. The fourth-order valence-corrected chi connectivity index (χ4v) is 2.35. The zero-order valence-electron chi connectivity index (χ0n) is 9.80. The summed E-state index contributed by atoms with van der Waals surface area (Å²) in [5, 5.41) is 4.80. The summed E-state index contributed by atoms with van der Waals surface area (Å²) >= 11 is 1.59. The Morgan fingerprint density at radius 3 is 2.58 bits per heavy atom. The first-order chi connectivity index (χ1) is 8.97. The van der Waals surface area contributed by atoms with Gasteiger partial charge in [0.05, 0.1) is 5.56 Å². The smallest absolute Gasteiger partial charge is 0.385 e. The number of halogens is 4. The van der Waals surface area contributed by atoms with Crippen LogP contribution in [0.4, 0.5) is 23.2 Å². The zero-order valence-corrected chi connectivity index (χ0v) is 10.6. The van der Waals surface area contributed by atoms with Crippen molar-refractivity contribution in [1.82, 2.24) is 0 Å². The lowest BCUT2D eigenvalue weighted by molar-refractivity contribution is -0.139. The summed E-state index contributed by atoms with van der Waals surface area (Å²) in [6.07, 6.45) is -3.95. The van der Waals surface area contributed by atoms with Gasteiger partial charge in [0.1, 0.15) is 5.82 Å². The fraction of sp³-hybridized carbons (Fsp3) is 0.231. The summed E-state index contributed by atoms with van der Waals surface area (Å²) in [7, 11) is 0. The van der Waals surface area contributed by atoms with Gasteiger partial charge in [-0.1, -0.05) is 6.07 Å². The molecule has 1 aromatic carbocycles. The molecule has 1 heterocycles. The van der Waals surface area contributed by atoms with E-state index in [2.05, 4.69) is 5.32 Å². The molecule has 0 aliphatic heterocycles. The lowest BCUT2D eigenvalue weighted by Gasteiger charge is -2.11. The van der Waals surface area contributed by atoms with Crippen LogP contribution in [0, 0.1) is 5.82 Å². The van der Waals surface area contributed by atoms with E-state index >= 15 is 0 Å². The predicted octanol–water partition coefficient (Wildman–Crippen LogP) is 4.56. The lowest BCUT2D eigenvalue weighted by Crippen LogP contribution is -2.10. The Kier molecular flexibility index (Phi) is 4.09. The Morgan fingerprint density at radius 1 is 1.16 bits per heavy atom. The first-order valence-corrected chi connectivity index (χ1v) is 6.48. The van der Waals surface area contributed by atoms with Gasteiger partial charge in [0, 0.05) is 17.1 Å². The van der Waals surface area contributed by atoms with Crippen molar-refractivity contribution in [3.8, 4) is 0 Å². The molecule has 0 aliphatic carbocycles. The van der Waals surface area contributed by atoms with E-state index in [4.69, 9.17) is 0 Å². The van der Waals surface area contributed by atoms with Crippen molar-refractivity contribution in [3.05, 3.63) is 52.0 Å². The van der Waals surface area contributed by atoms with Crippen LogP contribution >= 0.6 is 11.3 Å². The van der Waals surface area contributed by atoms with Crippen LogP contribution in [0.1, 0.15) is 10.4 Å². The normalized spacial score (nSPS) is 11.6. The van der Waals surface area contributed by atoms with Crippen LogP contribution in [-0.2, 0) is 12.6 Å². The quantitative estimate of drug-likeness (QED) is 0.814. The van der Waals surface area contributed by atoms with Crippen molar-refractivity contribution >= 4 is 17.0 Å². The van der Waals surface area contributed by atoms with Crippen LogP contribution in [0.2, 0.25) is 0 Å². The summed E-state index contributed by atoms with van der Waals surface area (Å²) < 4.78 is 50.6. The minimum atomic E-state index is -4.67. The topological polar surface area (TPSA) is 12.0 Å². The number of thiophene rings is 1. The summed E-state index contributed by atoms with van der Waals surface area (Å²) in [4.78, 5) is 1.14. The second-order valence-electron chi connectivity index (χ2n) is 3.95. The Morgan fingerprint density at radius 2 is 1.95 bits per heavy atom. The highest BCUT2D eigenvalue weighted by Crippen LogP contribution is 2.32. The maximum atomic E-state index is 13.1. The van der Waals surface area contributed by atoms with E-state index in [9.17, 15) is 17.6 Å². The van der Waals surface area contributed by atoms with E-state index in [1.807, 2.05) is 17.5 Å². The van der Waals surface area contributed by atoms with Gasteiger partial charge in [-0.15, -0.1) is 11.3 Å². The molecule has 0 aliphatic rings. The first-order valence-electron chi connectivity index (χ1n) is 5.60. The minimum Gasteiger partial charge on any atom is -0.385 e. The molecule has 0 fully saturated rings. The van der Waals surface area contributed by atoms with Crippen LogP contribution in [0.3, 0.4) is 0 Å². The van der Waals surface area contributed by atoms with Gasteiger partial charge in [-0.25, -0.2) is 4.39 Å². The molecule has 0 unspecified atom stereocenters. The zero-order chi connectivity index (χ0) is 13.9. The second-order valence-corrected chi connectivity index (χ2v) is 4.98. The molecular weight excluding hydrogens is 278 g/mol. The van der Waals surface area contributed by atoms with Gasteiger partial charge in [-0.3, -0.25) is 0 Å². The highest BCUT2D eigenvalue weighted by Gasteiger charge is 2.34. The Balaban J connectivity index is 2.01. The Bertz CT molecular complexity index is 534. The van der Waals surface area contributed by atoms with E-state index in [-0.39, 0.29) is 5.69 Å². The molecule has 0 bridgehead atoms. The monoisotopic (exact) mass is 289 g/mol. The molecule has 2 rings (SSSR count).